The molecule has 0 saturated heterocycles. The van der Waals surface area contributed by atoms with Crippen LogP contribution in [-0.4, -0.2) is 16.9 Å². The van der Waals surface area contributed by atoms with E-state index in [1.54, 1.807) is 0 Å². The molecule has 1 N–H and O–H groups in total. The Kier molecular flexibility index (Phi) is 5.34. The predicted octanol–water partition coefficient (Wildman–Crippen LogP) is 5.47. The van der Waals surface area contributed by atoms with Crippen molar-refractivity contribution in [2.24, 2.45) is 0 Å². The van der Waals surface area contributed by atoms with Gasteiger partial charge < -0.3 is 5.32 Å². The fourth-order valence-electron chi connectivity index (χ4n) is 2.94. The van der Waals surface area contributed by atoms with Gasteiger partial charge in [-0.3, -0.25) is 4.79 Å². The van der Waals surface area contributed by atoms with Gasteiger partial charge in [0, 0.05) is 22.0 Å². The number of benzene rings is 2. The Morgan fingerprint density at radius 2 is 1.88 bits per heavy atom. The van der Waals surface area contributed by atoms with Gasteiger partial charge in [0.1, 0.15) is 0 Å². The van der Waals surface area contributed by atoms with Crippen LogP contribution in [0.5, 0.6) is 0 Å². The van der Waals surface area contributed by atoms with Crippen molar-refractivity contribution >= 4 is 28.4 Å². The molecule has 0 radical (unpaired) electrons. The molecule has 2 aromatic carbocycles. The van der Waals surface area contributed by atoms with Gasteiger partial charge >= 0.3 is 0 Å². The van der Waals surface area contributed by atoms with Crippen LogP contribution in [0.3, 0.4) is 0 Å². The number of halogens is 1. The number of hydrogen-bond acceptors (Lipinski definition) is 2. The van der Waals surface area contributed by atoms with Crippen molar-refractivity contribution in [3.8, 4) is 11.3 Å². The van der Waals surface area contributed by atoms with Crippen molar-refractivity contribution in [3.63, 3.8) is 0 Å². The third-order valence-electron chi connectivity index (χ3n) is 4.20. The molecule has 25 heavy (non-hydrogen) atoms. The summed E-state index contributed by atoms with van der Waals surface area (Å²) in [6.45, 7) is 4.15. The molecule has 0 aliphatic carbocycles. The number of nitrogens with zero attached hydrogens (tertiary/aromatic N) is 1. The van der Waals surface area contributed by atoms with Crippen LogP contribution in [0.15, 0.2) is 54.6 Å². The van der Waals surface area contributed by atoms with Crippen molar-refractivity contribution in [1.82, 2.24) is 10.3 Å². The van der Waals surface area contributed by atoms with Crippen molar-refractivity contribution in [2.45, 2.75) is 32.7 Å². The maximum Gasteiger partial charge on any atom is 0.252 e. The zero-order chi connectivity index (χ0) is 17.8. The van der Waals surface area contributed by atoms with Crippen LogP contribution in [0.4, 0.5) is 0 Å². The lowest BCUT2D eigenvalue weighted by atomic mass is 10.0. The molecule has 0 unspecified atom stereocenters. The van der Waals surface area contributed by atoms with Crippen molar-refractivity contribution in [3.05, 3.63) is 65.2 Å². The number of carbonyl (C=O) groups excluding carboxylic acids is 1. The molecule has 1 atom stereocenters. The van der Waals surface area contributed by atoms with E-state index in [9.17, 15) is 4.79 Å². The van der Waals surface area contributed by atoms with Gasteiger partial charge in [-0.25, -0.2) is 4.98 Å². The molecule has 0 fully saturated rings. The molecule has 3 aromatic rings. The quantitative estimate of drug-likeness (QED) is 0.661. The van der Waals surface area contributed by atoms with Gasteiger partial charge in [-0.1, -0.05) is 55.3 Å². The highest BCUT2D eigenvalue weighted by molar-refractivity contribution is 6.30. The average molecular weight is 353 g/mol. The average Bonchev–Trinajstić information content (AvgIpc) is 2.61. The van der Waals surface area contributed by atoms with Gasteiger partial charge in [-0.2, -0.15) is 0 Å². The zero-order valence-corrected chi connectivity index (χ0v) is 15.2. The fraction of sp³-hybridized carbons (Fsp3) is 0.238. The van der Waals surface area contributed by atoms with E-state index >= 15 is 0 Å². The Balaban J connectivity index is 2.06. The highest BCUT2D eigenvalue weighted by Gasteiger charge is 2.15. The summed E-state index contributed by atoms with van der Waals surface area (Å²) in [5, 5.41) is 4.63. The molecule has 0 bridgehead atoms. The number of hydrogen-bond donors (Lipinski definition) is 1. The molecule has 3 nitrogen and oxygen atoms in total. The molecule has 0 spiro atoms. The maximum absolute atomic E-state index is 12.8. The lowest BCUT2D eigenvalue weighted by Crippen LogP contribution is -2.32. The van der Waals surface area contributed by atoms with Crippen LogP contribution < -0.4 is 5.32 Å². The van der Waals surface area contributed by atoms with Gasteiger partial charge in [0.15, 0.2) is 0 Å². The second kappa shape index (κ2) is 7.66. The van der Waals surface area contributed by atoms with Gasteiger partial charge in [0.05, 0.1) is 16.8 Å². The van der Waals surface area contributed by atoms with Crippen LogP contribution in [0.25, 0.3) is 22.2 Å². The zero-order valence-electron chi connectivity index (χ0n) is 14.4. The van der Waals surface area contributed by atoms with Crippen LogP contribution >= 0.6 is 11.6 Å². The normalized spacial score (nSPS) is 12.1. The summed E-state index contributed by atoms with van der Waals surface area (Å²) >= 11 is 5.98. The number of rotatable bonds is 5. The minimum absolute atomic E-state index is 0.0604. The first-order valence-electron chi connectivity index (χ1n) is 8.55. The van der Waals surface area contributed by atoms with Crippen LogP contribution in [0.1, 0.15) is 37.0 Å². The third kappa shape index (κ3) is 3.99. The second-order valence-corrected chi connectivity index (χ2v) is 6.68. The monoisotopic (exact) mass is 352 g/mol. The third-order valence-corrected chi connectivity index (χ3v) is 4.45. The van der Waals surface area contributed by atoms with E-state index < -0.39 is 0 Å². The van der Waals surface area contributed by atoms with E-state index in [1.807, 2.05) is 61.5 Å². The topological polar surface area (TPSA) is 42.0 Å². The van der Waals surface area contributed by atoms with Crippen molar-refractivity contribution in [2.75, 3.05) is 0 Å². The largest absolute Gasteiger partial charge is 0.350 e. The SMILES string of the molecule is CCC[C@H](C)NC(=O)c1cc(-c2ccc(Cl)cc2)nc2ccccc12. The van der Waals surface area contributed by atoms with E-state index in [2.05, 4.69) is 12.2 Å². The van der Waals surface area contributed by atoms with Gasteiger partial charge in [-0.15, -0.1) is 0 Å². The fourth-order valence-corrected chi connectivity index (χ4v) is 3.06. The number of fused-ring (bicyclic) bond motifs is 1. The molecular formula is C21H21ClN2O. The number of amides is 1. The Bertz CT molecular complexity index is 890. The summed E-state index contributed by atoms with van der Waals surface area (Å²) in [7, 11) is 0. The summed E-state index contributed by atoms with van der Waals surface area (Å²) < 4.78 is 0. The molecule has 4 heteroatoms. The summed E-state index contributed by atoms with van der Waals surface area (Å²) in [4.78, 5) is 17.5. The van der Waals surface area contributed by atoms with Crippen molar-refractivity contribution < 1.29 is 4.79 Å². The Morgan fingerprint density at radius 3 is 2.60 bits per heavy atom. The number of nitrogens with one attached hydrogen (secondary N) is 1. The molecule has 0 aliphatic rings. The summed E-state index contributed by atoms with van der Waals surface area (Å²) in [6, 6.07) is 17.2. The first kappa shape index (κ1) is 17.4. The summed E-state index contributed by atoms with van der Waals surface area (Å²) in [6.07, 6.45) is 1.99. The van der Waals surface area contributed by atoms with E-state index in [-0.39, 0.29) is 11.9 Å². The molecule has 1 aromatic heterocycles. The first-order chi connectivity index (χ1) is 12.1. The Hall–Kier alpha value is -2.39. The van der Waals surface area contributed by atoms with E-state index in [0.29, 0.717) is 10.6 Å². The molecule has 128 valence electrons. The van der Waals surface area contributed by atoms with E-state index in [4.69, 9.17) is 16.6 Å². The lowest BCUT2D eigenvalue weighted by molar-refractivity contribution is 0.0940. The lowest BCUT2D eigenvalue weighted by Gasteiger charge is -2.15. The molecule has 0 saturated carbocycles. The first-order valence-corrected chi connectivity index (χ1v) is 8.93. The van der Waals surface area contributed by atoms with E-state index in [1.165, 1.54) is 0 Å². The van der Waals surface area contributed by atoms with Crippen LogP contribution in [0.2, 0.25) is 5.02 Å². The minimum Gasteiger partial charge on any atom is -0.350 e. The maximum atomic E-state index is 12.8. The predicted molar refractivity (Wildman–Crippen MR) is 104 cm³/mol. The van der Waals surface area contributed by atoms with Crippen molar-refractivity contribution in [1.29, 1.82) is 0 Å². The molecule has 1 amide bonds. The number of carbonyl (C=O) groups is 1. The highest BCUT2D eigenvalue weighted by atomic mass is 35.5. The van der Waals surface area contributed by atoms with Gasteiger partial charge in [-0.05, 0) is 37.6 Å². The van der Waals surface area contributed by atoms with Gasteiger partial charge in [0.2, 0.25) is 0 Å². The standard InChI is InChI=1S/C21H21ClN2O/c1-3-6-14(2)23-21(25)18-13-20(15-9-11-16(22)12-10-15)24-19-8-5-4-7-17(18)19/h4-5,7-14H,3,6H2,1-2H3,(H,23,25)/t14-/m0/s1. The Morgan fingerprint density at radius 1 is 1.16 bits per heavy atom. The van der Waals surface area contributed by atoms with E-state index in [0.717, 1.165) is 35.0 Å². The molecule has 0 aliphatic heterocycles. The smallest absolute Gasteiger partial charge is 0.252 e. The Labute approximate surface area is 153 Å². The van der Waals surface area contributed by atoms with Crippen LogP contribution in [-0.2, 0) is 0 Å². The van der Waals surface area contributed by atoms with Gasteiger partial charge in [0.25, 0.3) is 5.91 Å². The second-order valence-electron chi connectivity index (χ2n) is 6.24. The number of aromatic nitrogens is 1. The molecular weight excluding hydrogens is 332 g/mol. The summed E-state index contributed by atoms with van der Waals surface area (Å²) in [5.74, 6) is -0.0604. The highest BCUT2D eigenvalue weighted by Crippen LogP contribution is 2.26. The molecule has 1 heterocycles. The minimum atomic E-state index is -0.0604. The number of pyridine rings is 1. The molecule has 3 rings (SSSR count). The number of para-hydroxylation sites is 1. The van der Waals surface area contributed by atoms with Crippen LogP contribution in [0, 0.1) is 0 Å². The summed E-state index contributed by atoms with van der Waals surface area (Å²) in [5.41, 5.74) is 3.16.